The van der Waals surface area contributed by atoms with Crippen molar-refractivity contribution in [2.24, 2.45) is 0 Å². The molecule has 1 fully saturated rings. The van der Waals surface area contributed by atoms with Crippen LogP contribution in [0.4, 0.5) is 16.2 Å². The first kappa shape index (κ1) is 21.9. The van der Waals surface area contributed by atoms with Gasteiger partial charge in [-0.3, -0.25) is 0 Å². The standard InChI is InChI=1S/C26H31N5O/c1-29(2)25-13-16-31(19-25)24-10-8-23(9-11-24)28-26(32)30-14-4-7-21(12-15-30)22-6-3-5-20(17-22)18-27/h3,5-6,8-12,17,25H,4,7,13-16,19H2,1-2H3,(H,28,32). The number of urea groups is 1. The summed E-state index contributed by atoms with van der Waals surface area (Å²) in [6.45, 7) is 3.38. The molecule has 1 N–H and O–H groups in total. The summed E-state index contributed by atoms with van der Waals surface area (Å²) in [5, 5.41) is 12.2. The number of anilines is 2. The zero-order valence-electron chi connectivity index (χ0n) is 18.9. The average Bonchev–Trinajstić information content (AvgIpc) is 3.18. The molecule has 32 heavy (non-hydrogen) atoms. The van der Waals surface area contributed by atoms with Crippen molar-refractivity contribution in [2.75, 3.05) is 50.5 Å². The highest BCUT2D eigenvalue weighted by molar-refractivity contribution is 5.90. The van der Waals surface area contributed by atoms with Crippen molar-refractivity contribution in [1.29, 1.82) is 5.26 Å². The molecule has 0 bridgehead atoms. The molecule has 2 aromatic carbocycles. The molecular formula is C26H31N5O. The first-order valence-electron chi connectivity index (χ1n) is 11.3. The number of amides is 2. The van der Waals surface area contributed by atoms with Crippen LogP contribution in [0.5, 0.6) is 0 Å². The van der Waals surface area contributed by atoms with Crippen molar-refractivity contribution < 1.29 is 4.79 Å². The molecule has 166 valence electrons. The van der Waals surface area contributed by atoms with Crippen molar-refractivity contribution in [2.45, 2.75) is 25.3 Å². The predicted molar refractivity (Wildman–Crippen MR) is 130 cm³/mol. The van der Waals surface area contributed by atoms with Crippen molar-refractivity contribution in [1.82, 2.24) is 9.80 Å². The summed E-state index contributed by atoms with van der Waals surface area (Å²) in [4.78, 5) is 19.4. The number of hydrogen-bond acceptors (Lipinski definition) is 4. The predicted octanol–water partition coefficient (Wildman–Crippen LogP) is 4.41. The van der Waals surface area contributed by atoms with Gasteiger partial charge in [-0.25, -0.2) is 4.79 Å². The first-order chi connectivity index (χ1) is 15.5. The number of allylic oxidation sites excluding steroid dienone is 1. The van der Waals surface area contributed by atoms with Gasteiger partial charge in [0.1, 0.15) is 0 Å². The first-order valence-corrected chi connectivity index (χ1v) is 11.3. The minimum absolute atomic E-state index is 0.0742. The Labute approximate surface area is 190 Å². The van der Waals surface area contributed by atoms with E-state index in [1.807, 2.05) is 41.3 Å². The van der Waals surface area contributed by atoms with Crippen LogP contribution in [0.1, 0.15) is 30.4 Å². The molecule has 0 spiro atoms. The monoisotopic (exact) mass is 429 g/mol. The van der Waals surface area contributed by atoms with E-state index in [1.54, 1.807) is 0 Å². The number of nitriles is 1. The summed E-state index contributed by atoms with van der Waals surface area (Å²) >= 11 is 0. The van der Waals surface area contributed by atoms with Crippen LogP contribution < -0.4 is 10.2 Å². The molecule has 1 saturated heterocycles. The number of nitrogens with one attached hydrogen (secondary N) is 1. The topological polar surface area (TPSA) is 62.6 Å². The van der Waals surface area contributed by atoms with Gasteiger partial charge in [-0.2, -0.15) is 5.26 Å². The molecule has 1 unspecified atom stereocenters. The van der Waals surface area contributed by atoms with Crippen LogP contribution in [-0.4, -0.2) is 62.1 Å². The van der Waals surface area contributed by atoms with Crippen LogP contribution in [0.2, 0.25) is 0 Å². The van der Waals surface area contributed by atoms with Crippen LogP contribution in [0, 0.1) is 11.3 Å². The van der Waals surface area contributed by atoms with Crippen LogP contribution in [0.15, 0.2) is 54.6 Å². The number of carbonyl (C=O) groups excluding carboxylic acids is 1. The fourth-order valence-electron chi connectivity index (χ4n) is 4.47. The second kappa shape index (κ2) is 9.88. The van der Waals surface area contributed by atoms with Gasteiger partial charge in [0.15, 0.2) is 0 Å². The molecule has 4 rings (SSSR count). The minimum Gasteiger partial charge on any atom is -0.370 e. The van der Waals surface area contributed by atoms with Crippen molar-refractivity contribution in [3.63, 3.8) is 0 Å². The Morgan fingerprint density at radius 1 is 1.16 bits per heavy atom. The molecule has 0 radical (unpaired) electrons. The molecular weight excluding hydrogens is 398 g/mol. The Balaban J connectivity index is 1.36. The number of nitrogens with zero attached hydrogens (tertiary/aromatic N) is 4. The highest BCUT2D eigenvalue weighted by atomic mass is 16.2. The maximum Gasteiger partial charge on any atom is 0.322 e. The number of rotatable bonds is 4. The highest BCUT2D eigenvalue weighted by Crippen LogP contribution is 2.25. The van der Waals surface area contributed by atoms with E-state index in [-0.39, 0.29) is 6.03 Å². The summed E-state index contributed by atoms with van der Waals surface area (Å²) in [7, 11) is 4.27. The van der Waals surface area contributed by atoms with E-state index in [4.69, 9.17) is 5.26 Å². The molecule has 2 aliphatic heterocycles. The van der Waals surface area contributed by atoms with E-state index in [0.29, 0.717) is 24.7 Å². The van der Waals surface area contributed by atoms with Gasteiger partial charge in [0.05, 0.1) is 11.6 Å². The van der Waals surface area contributed by atoms with Crippen molar-refractivity contribution in [3.8, 4) is 6.07 Å². The summed E-state index contributed by atoms with van der Waals surface area (Å²) in [6.07, 6.45) is 5.09. The normalized spacial score (nSPS) is 18.8. The van der Waals surface area contributed by atoms with E-state index in [9.17, 15) is 4.79 Å². The molecule has 2 aliphatic rings. The third-order valence-electron chi connectivity index (χ3n) is 6.46. The summed E-state index contributed by atoms with van der Waals surface area (Å²) in [5.74, 6) is 0. The fraction of sp³-hybridized carbons (Fsp3) is 0.385. The lowest BCUT2D eigenvalue weighted by Crippen LogP contribution is -2.35. The van der Waals surface area contributed by atoms with Gasteiger partial charge in [0.2, 0.25) is 0 Å². The van der Waals surface area contributed by atoms with E-state index in [0.717, 1.165) is 37.2 Å². The lowest BCUT2D eigenvalue weighted by Gasteiger charge is -2.22. The highest BCUT2D eigenvalue weighted by Gasteiger charge is 2.24. The van der Waals surface area contributed by atoms with E-state index >= 15 is 0 Å². The SMILES string of the molecule is CN(C)C1CCN(c2ccc(NC(=O)N3CC=C(c4cccc(C#N)c4)CCC3)cc2)C1. The molecule has 6 heteroatoms. The van der Waals surface area contributed by atoms with Gasteiger partial charge in [0.25, 0.3) is 0 Å². The Morgan fingerprint density at radius 3 is 2.69 bits per heavy atom. The average molecular weight is 430 g/mol. The van der Waals surface area contributed by atoms with Crippen LogP contribution in [0.3, 0.4) is 0 Å². The minimum atomic E-state index is -0.0742. The lowest BCUT2D eigenvalue weighted by atomic mass is 10.00. The smallest absolute Gasteiger partial charge is 0.322 e. The molecule has 0 aliphatic carbocycles. The fourth-order valence-corrected chi connectivity index (χ4v) is 4.47. The van der Waals surface area contributed by atoms with E-state index in [1.165, 1.54) is 17.7 Å². The van der Waals surface area contributed by atoms with Gasteiger partial charge in [-0.15, -0.1) is 0 Å². The molecule has 2 aromatic rings. The van der Waals surface area contributed by atoms with E-state index in [2.05, 4.69) is 53.5 Å². The molecule has 2 heterocycles. The third-order valence-corrected chi connectivity index (χ3v) is 6.46. The van der Waals surface area contributed by atoms with Crippen LogP contribution in [-0.2, 0) is 0 Å². The summed E-state index contributed by atoms with van der Waals surface area (Å²) in [5.41, 5.74) is 4.95. The molecule has 0 aromatic heterocycles. The largest absolute Gasteiger partial charge is 0.370 e. The van der Waals surface area contributed by atoms with Crippen LogP contribution in [0.25, 0.3) is 5.57 Å². The molecule has 2 amide bonds. The van der Waals surface area contributed by atoms with Crippen molar-refractivity contribution in [3.05, 3.63) is 65.7 Å². The molecule has 6 nitrogen and oxygen atoms in total. The van der Waals surface area contributed by atoms with Gasteiger partial charge in [0, 0.05) is 43.6 Å². The Morgan fingerprint density at radius 2 is 1.97 bits per heavy atom. The maximum atomic E-state index is 12.8. The molecule has 0 saturated carbocycles. The number of carbonyl (C=O) groups is 1. The summed E-state index contributed by atoms with van der Waals surface area (Å²) < 4.78 is 0. The second-order valence-corrected chi connectivity index (χ2v) is 8.80. The summed E-state index contributed by atoms with van der Waals surface area (Å²) in [6, 6.07) is 18.6. The quantitative estimate of drug-likeness (QED) is 0.782. The zero-order chi connectivity index (χ0) is 22.5. The van der Waals surface area contributed by atoms with Crippen LogP contribution >= 0.6 is 0 Å². The Bertz CT molecular complexity index is 1020. The maximum absolute atomic E-state index is 12.8. The van der Waals surface area contributed by atoms with Gasteiger partial charge in [-0.1, -0.05) is 18.2 Å². The number of likely N-dealkylation sites (N-methyl/N-ethyl adjacent to an activating group) is 1. The van der Waals surface area contributed by atoms with Crippen molar-refractivity contribution >= 4 is 23.0 Å². The number of hydrogen-bond donors (Lipinski definition) is 1. The Kier molecular flexibility index (Phi) is 6.77. The van der Waals surface area contributed by atoms with Gasteiger partial charge < -0.3 is 20.0 Å². The third kappa shape index (κ3) is 5.12. The van der Waals surface area contributed by atoms with Gasteiger partial charge in [-0.05, 0) is 80.9 Å². The zero-order valence-corrected chi connectivity index (χ0v) is 18.9. The lowest BCUT2D eigenvalue weighted by molar-refractivity contribution is 0.217. The van der Waals surface area contributed by atoms with E-state index < -0.39 is 0 Å². The van der Waals surface area contributed by atoms with Gasteiger partial charge >= 0.3 is 6.03 Å². The molecule has 1 atom stereocenters. The number of benzene rings is 2. The Hall–Kier alpha value is -3.30. The second-order valence-electron chi connectivity index (χ2n) is 8.80.